The maximum atomic E-state index is 11.7. The average Bonchev–Trinajstić information content (AvgIpc) is 2.32. The molecule has 0 aliphatic heterocycles. The van der Waals surface area contributed by atoms with Crippen molar-refractivity contribution in [3.63, 3.8) is 0 Å². The van der Waals surface area contributed by atoms with Crippen molar-refractivity contribution in [3.05, 3.63) is 29.8 Å². The first kappa shape index (κ1) is 15.0. The highest BCUT2D eigenvalue weighted by atomic mass is 32.2. The van der Waals surface area contributed by atoms with E-state index in [1.165, 1.54) is 0 Å². The average molecular weight is 269 g/mol. The third kappa shape index (κ3) is 5.54. The van der Waals surface area contributed by atoms with E-state index in [2.05, 4.69) is 12.2 Å². The predicted molar refractivity (Wildman–Crippen MR) is 77.8 cm³/mol. The van der Waals surface area contributed by atoms with E-state index in [0.29, 0.717) is 12.3 Å². The van der Waals surface area contributed by atoms with Gasteiger partial charge in [0.2, 0.25) is 0 Å². The standard InChI is InChI=1S/C14H23NO2S/c1-3-4-7-11-18(16,17)12-10-15-14-9-6-5-8-13(14)2/h5-6,8-9,15H,3-4,7,10-12H2,1-2H3. The van der Waals surface area contributed by atoms with Gasteiger partial charge in [-0.2, -0.15) is 0 Å². The topological polar surface area (TPSA) is 46.2 Å². The first-order valence-electron chi connectivity index (χ1n) is 6.55. The first-order chi connectivity index (χ1) is 8.55. The van der Waals surface area contributed by atoms with E-state index in [9.17, 15) is 8.42 Å². The van der Waals surface area contributed by atoms with Crippen LogP contribution in [-0.4, -0.2) is 26.5 Å². The third-order valence-corrected chi connectivity index (χ3v) is 4.67. The Hall–Kier alpha value is -1.03. The molecule has 18 heavy (non-hydrogen) atoms. The molecular formula is C14H23NO2S. The monoisotopic (exact) mass is 269 g/mol. The van der Waals surface area contributed by atoms with Gasteiger partial charge in [-0.3, -0.25) is 0 Å². The van der Waals surface area contributed by atoms with Crippen LogP contribution in [0.4, 0.5) is 5.69 Å². The maximum absolute atomic E-state index is 11.7. The molecule has 0 aliphatic carbocycles. The van der Waals surface area contributed by atoms with Gasteiger partial charge in [-0.25, -0.2) is 8.42 Å². The Morgan fingerprint density at radius 1 is 1.11 bits per heavy atom. The molecule has 0 saturated carbocycles. The Bertz CT molecular complexity index is 455. The van der Waals surface area contributed by atoms with Crippen molar-refractivity contribution in [2.45, 2.75) is 33.1 Å². The molecule has 0 spiro atoms. The van der Waals surface area contributed by atoms with E-state index in [4.69, 9.17) is 0 Å². The second-order valence-electron chi connectivity index (χ2n) is 4.60. The lowest BCUT2D eigenvalue weighted by atomic mass is 10.2. The Morgan fingerprint density at radius 3 is 2.50 bits per heavy atom. The van der Waals surface area contributed by atoms with Crippen LogP contribution < -0.4 is 5.32 Å². The summed E-state index contributed by atoms with van der Waals surface area (Å²) in [7, 11) is -2.90. The molecule has 0 saturated heterocycles. The molecule has 1 aromatic rings. The number of unbranched alkanes of at least 4 members (excludes halogenated alkanes) is 2. The summed E-state index contributed by atoms with van der Waals surface area (Å²) in [6.07, 6.45) is 2.82. The molecule has 1 rings (SSSR count). The van der Waals surface area contributed by atoms with Gasteiger partial charge in [0, 0.05) is 12.2 Å². The zero-order valence-electron chi connectivity index (χ0n) is 11.3. The fraction of sp³-hybridized carbons (Fsp3) is 0.571. The molecule has 0 radical (unpaired) electrons. The van der Waals surface area contributed by atoms with Crippen molar-refractivity contribution < 1.29 is 8.42 Å². The molecule has 1 aromatic carbocycles. The minimum atomic E-state index is -2.90. The smallest absolute Gasteiger partial charge is 0.152 e. The van der Waals surface area contributed by atoms with Gasteiger partial charge in [0.05, 0.1) is 11.5 Å². The summed E-state index contributed by atoms with van der Waals surface area (Å²) in [5, 5.41) is 3.18. The SMILES string of the molecule is CCCCCS(=O)(=O)CCNc1ccccc1C. The van der Waals surface area contributed by atoms with Gasteiger partial charge in [0.1, 0.15) is 0 Å². The number of hydrogen-bond acceptors (Lipinski definition) is 3. The highest BCUT2D eigenvalue weighted by Crippen LogP contribution is 2.12. The first-order valence-corrected chi connectivity index (χ1v) is 8.37. The molecule has 3 nitrogen and oxygen atoms in total. The van der Waals surface area contributed by atoms with Crippen molar-refractivity contribution in [2.75, 3.05) is 23.4 Å². The van der Waals surface area contributed by atoms with Gasteiger partial charge >= 0.3 is 0 Å². The van der Waals surface area contributed by atoms with E-state index in [-0.39, 0.29) is 5.75 Å². The van der Waals surface area contributed by atoms with Crippen LogP contribution in [0.25, 0.3) is 0 Å². The van der Waals surface area contributed by atoms with Gasteiger partial charge in [-0.05, 0) is 25.0 Å². The minimum absolute atomic E-state index is 0.213. The second kappa shape index (κ2) is 7.41. The number of sulfone groups is 1. The fourth-order valence-corrected chi connectivity index (χ4v) is 3.05. The molecule has 102 valence electrons. The number of aryl methyl sites for hydroxylation is 1. The van der Waals surface area contributed by atoms with Crippen LogP contribution in [0, 0.1) is 6.92 Å². The van der Waals surface area contributed by atoms with Crippen LogP contribution in [0.15, 0.2) is 24.3 Å². The molecule has 0 unspecified atom stereocenters. The summed E-state index contributed by atoms with van der Waals surface area (Å²) in [6, 6.07) is 7.91. The van der Waals surface area contributed by atoms with Crippen LogP contribution in [0.2, 0.25) is 0 Å². The lowest BCUT2D eigenvalue weighted by Gasteiger charge is -2.09. The van der Waals surface area contributed by atoms with E-state index in [1.54, 1.807) is 0 Å². The van der Waals surface area contributed by atoms with E-state index in [1.807, 2.05) is 31.2 Å². The second-order valence-corrected chi connectivity index (χ2v) is 6.90. The maximum Gasteiger partial charge on any atom is 0.152 e. The highest BCUT2D eigenvalue weighted by Gasteiger charge is 2.09. The number of hydrogen-bond donors (Lipinski definition) is 1. The van der Waals surface area contributed by atoms with E-state index >= 15 is 0 Å². The Morgan fingerprint density at radius 2 is 1.83 bits per heavy atom. The quantitative estimate of drug-likeness (QED) is 0.738. The van der Waals surface area contributed by atoms with Gasteiger partial charge in [0.25, 0.3) is 0 Å². The molecule has 0 aromatic heterocycles. The van der Waals surface area contributed by atoms with Crippen molar-refractivity contribution in [2.24, 2.45) is 0 Å². The van der Waals surface area contributed by atoms with Crippen molar-refractivity contribution in [1.29, 1.82) is 0 Å². The van der Waals surface area contributed by atoms with Crippen molar-refractivity contribution >= 4 is 15.5 Å². The minimum Gasteiger partial charge on any atom is -0.384 e. The number of anilines is 1. The molecule has 0 heterocycles. The Labute approximate surface area is 111 Å². The van der Waals surface area contributed by atoms with Gasteiger partial charge in [0.15, 0.2) is 9.84 Å². The molecule has 0 fully saturated rings. The predicted octanol–water partition coefficient (Wildman–Crippen LogP) is 3.01. The van der Waals surface area contributed by atoms with Crippen LogP contribution in [0.3, 0.4) is 0 Å². The normalized spacial score (nSPS) is 11.4. The zero-order valence-corrected chi connectivity index (χ0v) is 12.1. The number of benzene rings is 1. The summed E-state index contributed by atoms with van der Waals surface area (Å²) in [5.41, 5.74) is 2.15. The van der Waals surface area contributed by atoms with E-state index in [0.717, 1.165) is 30.5 Å². The van der Waals surface area contributed by atoms with Crippen LogP contribution >= 0.6 is 0 Å². The number of rotatable bonds is 8. The van der Waals surface area contributed by atoms with E-state index < -0.39 is 9.84 Å². The molecular weight excluding hydrogens is 246 g/mol. The molecule has 0 bridgehead atoms. The molecule has 0 amide bonds. The molecule has 0 aliphatic rings. The summed E-state index contributed by atoms with van der Waals surface area (Å²) >= 11 is 0. The van der Waals surface area contributed by atoms with Crippen molar-refractivity contribution in [1.82, 2.24) is 0 Å². The summed E-state index contributed by atoms with van der Waals surface area (Å²) in [4.78, 5) is 0. The van der Waals surface area contributed by atoms with Crippen molar-refractivity contribution in [3.8, 4) is 0 Å². The van der Waals surface area contributed by atoms with Crippen LogP contribution in [-0.2, 0) is 9.84 Å². The number of para-hydroxylation sites is 1. The molecule has 0 atom stereocenters. The van der Waals surface area contributed by atoms with Gasteiger partial charge in [-0.1, -0.05) is 38.0 Å². The fourth-order valence-electron chi connectivity index (χ4n) is 1.79. The van der Waals surface area contributed by atoms with Crippen LogP contribution in [0.1, 0.15) is 31.7 Å². The molecule has 1 N–H and O–H groups in total. The zero-order chi connectivity index (χ0) is 13.4. The Balaban J connectivity index is 2.35. The summed E-state index contributed by atoms with van der Waals surface area (Å²) in [5.74, 6) is 0.529. The lowest BCUT2D eigenvalue weighted by molar-refractivity contribution is 0.591. The van der Waals surface area contributed by atoms with Gasteiger partial charge in [-0.15, -0.1) is 0 Å². The number of nitrogens with one attached hydrogen (secondary N) is 1. The molecule has 4 heteroatoms. The highest BCUT2D eigenvalue weighted by molar-refractivity contribution is 7.91. The Kier molecular flexibility index (Phi) is 6.19. The lowest BCUT2D eigenvalue weighted by Crippen LogP contribution is -2.18. The summed E-state index contributed by atoms with van der Waals surface area (Å²) in [6.45, 7) is 4.57. The van der Waals surface area contributed by atoms with Crippen LogP contribution in [0.5, 0.6) is 0 Å². The summed E-state index contributed by atoms with van der Waals surface area (Å²) < 4.78 is 23.5. The largest absolute Gasteiger partial charge is 0.384 e. The van der Waals surface area contributed by atoms with Gasteiger partial charge < -0.3 is 5.32 Å². The third-order valence-electron chi connectivity index (χ3n) is 2.93.